The lowest BCUT2D eigenvalue weighted by molar-refractivity contribution is 0.461. The molecule has 0 bridgehead atoms. The smallest absolute Gasteiger partial charge is 0.120 e. The summed E-state index contributed by atoms with van der Waals surface area (Å²) in [6.45, 7) is 5.61. The molecule has 96 valence electrons. The highest BCUT2D eigenvalue weighted by Gasteiger charge is 2.05. The SMILES string of the molecule is CC(C)n1nccc1CNCc1ccccc1O. The summed E-state index contributed by atoms with van der Waals surface area (Å²) in [4.78, 5) is 0. The molecule has 0 fully saturated rings. The van der Waals surface area contributed by atoms with E-state index in [2.05, 4.69) is 24.3 Å². The van der Waals surface area contributed by atoms with E-state index in [4.69, 9.17) is 0 Å². The van der Waals surface area contributed by atoms with Gasteiger partial charge in [0.1, 0.15) is 5.75 Å². The fourth-order valence-electron chi connectivity index (χ4n) is 1.93. The van der Waals surface area contributed by atoms with E-state index in [9.17, 15) is 5.11 Å². The van der Waals surface area contributed by atoms with Crippen LogP contribution in [0.3, 0.4) is 0 Å². The molecule has 0 aliphatic heterocycles. The van der Waals surface area contributed by atoms with E-state index in [1.165, 1.54) is 0 Å². The summed E-state index contributed by atoms with van der Waals surface area (Å²) in [5, 5.41) is 17.3. The Bertz CT molecular complexity index is 505. The second-order valence-electron chi connectivity index (χ2n) is 4.59. The Hall–Kier alpha value is -1.81. The van der Waals surface area contributed by atoms with Crippen LogP contribution < -0.4 is 5.32 Å². The number of para-hydroxylation sites is 1. The molecule has 1 heterocycles. The number of hydrogen-bond acceptors (Lipinski definition) is 3. The molecule has 0 unspecified atom stereocenters. The van der Waals surface area contributed by atoms with Crippen molar-refractivity contribution in [3.8, 4) is 5.75 Å². The summed E-state index contributed by atoms with van der Waals surface area (Å²) in [7, 11) is 0. The molecule has 0 saturated carbocycles. The van der Waals surface area contributed by atoms with Crippen LogP contribution in [-0.4, -0.2) is 14.9 Å². The first-order valence-electron chi connectivity index (χ1n) is 6.18. The number of hydrogen-bond donors (Lipinski definition) is 2. The molecule has 0 spiro atoms. The van der Waals surface area contributed by atoms with Gasteiger partial charge in [0.05, 0.1) is 5.69 Å². The number of nitrogens with zero attached hydrogens (tertiary/aromatic N) is 2. The van der Waals surface area contributed by atoms with E-state index >= 15 is 0 Å². The molecule has 0 aliphatic rings. The van der Waals surface area contributed by atoms with Gasteiger partial charge in [-0.3, -0.25) is 4.68 Å². The fourth-order valence-corrected chi connectivity index (χ4v) is 1.93. The van der Waals surface area contributed by atoms with Gasteiger partial charge in [-0.2, -0.15) is 5.10 Å². The zero-order valence-electron chi connectivity index (χ0n) is 10.8. The predicted molar refractivity (Wildman–Crippen MR) is 71.3 cm³/mol. The van der Waals surface area contributed by atoms with Gasteiger partial charge >= 0.3 is 0 Å². The standard InChI is InChI=1S/C14H19N3O/c1-11(2)17-13(7-8-16-17)10-15-9-12-5-3-4-6-14(12)18/h3-8,11,15,18H,9-10H2,1-2H3. The molecular weight excluding hydrogens is 226 g/mol. The highest BCUT2D eigenvalue weighted by Crippen LogP contribution is 2.15. The molecule has 0 radical (unpaired) electrons. The van der Waals surface area contributed by atoms with Crippen molar-refractivity contribution in [1.29, 1.82) is 0 Å². The predicted octanol–water partition coefficient (Wildman–Crippen LogP) is 2.46. The van der Waals surface area contributed by atoms with Gasteiger partial charge in [0, 0.05) is 30.9 Å². The molecule has 2 aromatic rings. The lowest BCUT2D eigenvalue weighted by Gasteiger charge is -2.12. The van der Waals surface area contributed by atoms with Crippen molar-refractivity contribution >= 4 is 0 Å². The normalized spacial score (nSPS) is 11.1. The van der Waals surface area contributed by atoms with E-state index < -0.39 is 0 Å². The van der Waals surface area contributed by atoms with Gasteiger partial charge in [-0.05, 0) is 26.0 Å². The van der Waals surface area contributed by atoms with Crippen LogP contribution in [0.4, 0.5) is 0 Å². The molecule has 4 nitrogen and oxygen atoms in total. The molecule has 1 aromatic heterocycles. The molecule has 0 atom stereocenters. The lowest BCUT2D eigenvalue weighted by Crippen LogP contribution is -2.17. The van der Waals surface area contributed by atoms with Crippen LogP contribution in [0.25, 0.3) is 0 Å². The van der Waals surface area contributed by atoms with Gasteiger partial charge in [0.2, 0.25) is 0 Å². The van der Waals surface area contributed by atoms with Gasteiger partial charge in [-0.15, -0.1) is 0 Å². The Balaban J connectivity index is 1.93. The van der Waals surface area contributed by atoms with Crippen LogP contribution in [-0.2, 0) is 13.1 Å². The first kappa shape index (κ1) is 12.6. The monoisotopic (exact) mass is 245 g/mol. The van der Waals surface area contributed by atoms with Crippen molar-refractivity contribution in [1.82, 2.24) is 15.1 Å². The van der Waals surface area contributed by atoms with Crippen molar-refractivity contribution in [3.63, 3.8) is 0 Å². The molecule has 0 aliphatic carbocycles. The molecular formula is C14H19N3O. The Kier molecular flexibility index (Phi) is 3.99. The Labute approximate surface area is 107 Å². The van der Waals surface area contributed by atoms with E-state index in [-0.39, 0.29) is 0 Å². The zero-order chi connectivity index (χ0) is 13.0. The van der Waals surface area contributed by atoms with Gasteiger partial charge < -0.3 is 10.4 Å². The minimum absolute atomic E-state index is 0.336. The van der Waals surface area contributed by atoms with Gasteiger partial charge in [0.25, 0.3) is 0 Å². The van der Waals surface area contributed by atoms with E-state index in [1.807, 2.05) is 35.1 Å². The number of benzene rings is 1. The van der Waals surface area contributed by atoms with E-state index in [0.717, 1.165) is 17.8 Å². The van der Waals surface area contributed by atoms with Crippen molar-refractivity contribution in [2.45, 2.75) is 33.0 Å². The fraction of sp³-hybridized carbons (Fsp3) is 0.357. The average Bonchev–Trinajstić information content (AvgIpc) is 2.80. The second-order valence-corrected chi connectivity index (χ2v) is 4.59. The third-order valence-electron chi connectivity index (χ3n) is 2.85. The molecule has 1 aromatic carbocycles. The van der Waals surface area contributed by atoms with Crippen molar-refractivity contribution in [2.75, 3.05) is 0 Å². The van der Waals surface area contributed by atoms with Crippen LogP contribution in [0.2, 0.25) is 0 Å². The van der Waals surface area contributed by atoms with Crippen LogP contribution in [0.15, 0.2) is 36.5 Å². The third-order valence-corrected chi connectivity index (χ3v) is 2.85. The van der Waals surface area contributed by atoms with Crippen LogP contribution >= 0.6 is 0 Å². The number of aromatic hydroxyl groups is 1. The second kappa shape index (κ2) is 5.69. The maximum atomic E-state index is 9.65. The highest BCUT2D eigenvalue weighted by molar-refractivity contribution is 5.31. The van der Waals surface area contributed by atoms with Gasteiger partial charge in [0.15, 0.2) is 0 Å². The summed E-state index contributed by atoms with van der Waals surface area (Å²) in [5.41, 5.74) is 2.06. The van der Waals surface area contributed by atoms with Crippen molar-refractivity contribution in [3.05, 3.63) is 47.8 Å². The Morgan fingerprint density at radius 2 is 2.00 bits per heavy atom. The summed E-state index contributed by atoms with van der Waals surface area (Å²) in [6, 6.07) is 9.75. The summed E-state index contributed by atoms with van der Waals surface area (Å²) < 4.78 is 2.00. The molecule has 0 saturated heterocycles. The largest absolute Gasteiger partial charge is 0.508 e. The number of phenolic OH excluding ortho intramolecular Hbond substituents is 1. The number of phenols is 1. The Morgan fingerprint density at radius 3 is 2.72 bits per heavy atom. The maximum absolute atomic E-state index is 9.65. The number of aromatic nitrogens is 2. The van der Waals surface area contributed by atoms with Crippen LogP contribution in [0.1, 0.15) is 31.1 Å². The van der Waals surface area contributed by atoms with Crippen LogP contribution in [0, 0.1) is 0 Å². The minimum atomic E-state index is 0.336. The highest BCUT2D eigenvalue weighted by atomic mass is 16.3. The first-order chi connectivity index (χ1) is 8.68. The lowest BCUT2D eigenvalue weighted by atomic mass is 10.2. The first-order valence-corrected chi connectivity index (χ1v) is 6.18. The molecule has 18 heavy (non-hydrogen) atoms. The number of rotatable bonds is 5. The molecule has 4 heteroatoms. The summed E-state index contributed by atoms with van der Waals surface area (Å²) in [5.74, 6) is 0.336. The van der Waals surface area contributed by atoms with Gasteiger partial charge in [-0.25, -0.2) is 0 Å². The summed E-state index contributed by atoms with van der Waals surface area (Å²) >= 11 is 0. The molecule has 0 amide bonds. The number of nitrogens with one attached hydrogen (secondary N) is 1. The third kappa shape index (κ3) is 2.90. The quantitative estimate of drug-likeness (QED) is 0.850. The van der Waals surface area contributed by atoms with Gasteiger partial charge in [-0.1, -0.05) is 18.2 Å². The zero-order valence-corrected chi connectivity index (χ0v) is 10.8. The molecule has 2 rings (SSSR count). The van der Waals surface area contributed by atoms with Crippen LogP contribution in [0.5, 0.6) is 5.75 Å². The topological polar surface area (TPSA) is 50.1 Å². The van der Waals surface area contributed by atoms with E-state index in [0.29, 0.717) is 18.3 Å². The summed E-state index contributed by atoms with van der Waals surface area (Å²) in [6.07, 6.45) is 1.82. The maximum Gasteiger partial charge on any atom is 0.120 e. The average molecular weight is 245 g/mol. The van der Waals surface area contributed by atoms with Crippen molar-refractivity contribution in [2.24, 2.45) is 0 Å². The Morgan fingerprint density at radius 1 is 1.22 bits per heavy atom. The molecule has 2 N–H and O–H groups in total. The van der Waals surface area contributed by atoms with E-state index in [1.54, 1.807) is 6.07 Å². The minimum Gasteiger partial charge on any atom is -0.508 e. The van der Waals surface area contributed by atoms with Crippen molar-refractivity contribution < 1.29 is 5.11 Å².